The van der Waals surface area contributed by atoms with Gasteiger partial charge < -0.3 is 5.32 Å². The van der Waals surface area contributed by atoms with Gasteiger partial charge >= 0.3 is 0 Å². The SMILES string of the molecule is CC[C@@H](C(=O)Nc1cccc(C(C)=O)c1)N(c1cc(Cl)cc(Cl)c1)S(C)(=O)=O. The van der Waals surface area contributed by atoms with E-state index < -0.39 is 22.0 Å². The van der Waals surface area contributed by atoms with Crippen molar-refractivity contribution in [1.82, 2.24) is 0 Å². The van der Waals surface area contributed by atoms with Crippen LogP contribution in [0.15, 0.2) is 42.5 Å². The second kappa shape index (κ2) is 8.94. The number of rotatable bonds is 7. The average molecular weight is 443 g/mol. The number of Topliss-reactive ketones (excluding diaryl/α,β-unsaturated/α-hetero) is 1. The molecule has 2 aromatic rings. The maximum absolute atomic E-state index is 12.9. The molecule has 0 spiro atoms. The van der Waals surface area contributed by atoms with Crippen LogP contribution in [-0.2, 0) is 14.8 Å². The highest BCUT2D eigenvalue weighted by molar-refractivity contribution is 7.92. The summed E-state index contributed by atoms with van der Waals surface area (Å²) in [6, 6.07) is 9.73. The molecule has 0 saturated carbocycles. The summed E-state index contributed by atoms with van der Waals surface area (Å²) in [5, 5.41) is 3.18. The van der Waals surface area contributed by atoms with E-state index >= 15 is 0 Å². The van der Waals surface area contributed by atoms with Crippen LogP contribution in [0.4, 0.5) is 11.4 Å². The number of hydrogen-bond donors (Lipinski definition) is 1. The maximum Gasteiger partial charge on any atom is 0.248 e. The third-order valence-corrected chi connectivity index (χ3v) is 5.58. The Bertz CT molecular complexity index is 988. The summed E-state index contributed by atoms with van der Waals surface area (Å²) in [6.07, 6.45) is 1.21. The third-order valence-electron chi connectivity index (χ3n) is 3.97. The van der Waals surface area contributed by atoms with Crippen molar-refractivity contribution in [2.24, 2.45) is 0 Å². The molecule has 0 radical (unpaired) electrons. The van der Waals surface area contributed by atoms with Gasteiger partial charge in [-0.25, -0.2) is 8.42 Å². The molecule has 0 aliphatic carbocycles. The fourth-order valence-corrected chi connectivity index (χ4v) is 4.48. The number of hydrogen-bond acceptors (Lipinski definition) is 4. The van der Waals surface area contributed by atoms with E-state index in [2.05, 4.69) is 5.32 Å². The summed E-state index contributed by atoms with van der Waals surface area (Å²) >= 11 is 12.0. The minimum Gasteiger partial charge on any atom is -0.324 e. The zero-order valence-electron chi connectivity index (χ0n) is 15.6. The van der Waals surface area contributed by atoms with Crippen molar-refractivity contribution in [1.29, 1.82) is 0 Å². The van der Waals surface area contributed by atoms with Crippen molar-refractivity contribution >= 4 is 56.3 Å². The molecule has 0 aliphatic rings. The molecule has 6 nitrogen and oxygen atoms in total. The van der Waals surface area contributed by atoms with E-state index in [0.29, 0.717) is 11.3 Å². The number of ketones is 1. The normalized spacial score (nSPS) is 12.3. The average Bonchev–Trinajstić information content (AvgIpc) is 2.57. The van der Waals surface area contributed by atoms with Gasteiger partial charge in [-0.15, -0.1) is 0 Å². The van der Waals surface area contributed by atoms with Crippen LogP contribution >= 0.6 is 23.2 Å². The van der Waals surface area contributed by atoms with E-state index in [9.17, 15) is 18.0 Å². The van der Waals surface area contributed by atoms with Crippen molar-refractivity contribution in [2.75, 3.05) is 15.9 Å². The molecule has 0 heterocycles. The minimum absolute atomic E-state index is 0.144. The van der Waals surface area contributed by atoms with Gasteiger partial charge in [-0.3, -0.25) is 13.9 Å². The fraction of sp³-hybridized carbons (Fsp3) is 0.263. The molecule has 150 valence electrons. The van der Waals surface area contributed by atoms with Gasteiger partial charge in [0.25, 0.3) is 0 Å². The number of nitrogens with one attached hydrogen (secondary N) is 1. The predicted molar refractivity (Wildman–Crippen MR) is 113 cm³/mol. The predicted octanol–water partition coefficient (Wildman–Crippen LogP) is 4.38. The van der Waals surface area contributed by atoms with Gasteiger partial charge in [0.05, 0.1) is 11.9 Å². The first kappa shape index (κ1) is 22.2. The van der Waals surface area contributed by atoms with Crippen molar-refractivity contribution in [3.8, 4) is 0 Å². The van der Waals surface area contributed by atoms with E-state index in [1.165, 1.54) is 31.2 Å². The first-order valence-corrected chi connectivity index (χ1v) is 11.0. The Labute approximate surface area is 174 Å². The quantitative estimate of drug-likeness (QED) is 0.644. The van der Waals surface area contributed by atoms with E-state index in [4.69, 9.17) is 23.2 Å². The number of carbonyl (C=O) groups is 2. The van der Waals surface area contributed by atoms with Gasteiger partial charge in [0, 0.05) is 21.3 Å². The number of benzene rings is 2. The first-order chi connectivity index (χ1) is 13.0. The van der Waals surface area contributed by atoms with Gasteiger partial charge in [-0.05, 0) is 43.7 Å². The monoisotopic (exact) mass is 442 g/mol. The zero-order chi connectivity index (χ0) is 21.1. The molecular formula is C19H20Cl2N2O4S. The van der Waals surface area contributed by atoms with Crippen LogP contribution in [0, 0.1) is 0 Å². The zero-order valence-corrected chi connectivity index (χ0v) is 17.9. The molecule has 1 amide bonds. The van der Waals surface area contributed by atoms with Crippen molar-refractivity contribution in [3.05, 3.63) is 58.1 Å². The molecule has 0 unspecified atom stereocenters. The second-order valence-corrected chi connectivity index (χ2v) is 8.97. The number of halogens is 2. The Hall–Kier alpha value is -2.09. The van der Waals surface area contributed by atoms with Crippen LogP contribution in [0.25, 0.3) is 0 Å². The maximum atomic E-state index is 12.9. The Balaban J connectivity index is 2.42. The number of nitrogens with zero attached hydrogens (tertiary/aromatic N) is 1. The summed E-state index contributed by atoms with van der Waals surface area (Å²) in [4.78, 5) is 24.4. The van der Waals surface area contributed by atoms with Crippen LogP contribution in [0.5, 0.6) is 0 Å². The summed E-state index contributed by atoms with van der Waals surface area (Å²) < 4.78 is 25.9. The second-order valence-electron chi connectivity index (χ2n) is 6.24. The lowest BCUT2D eigenvalue weighted by Gasteiger charge is -2.30. The molecule has 0 bridgehead atoms. The lowest BCUT2D eigenvalue weighted by Crippen LogP contribution is -2.47. The summed E-state index contributed by atoms with van der Waals surface area (Å²) in [5.74, 6) is -0.681. The molecule has 0 fully saturated rings. The van der Waals surface area contributed by atoms with Crippen LogP contribution < -0.4 is 9.62 Å². The van der Waals surface area contributed by atoms with Gasteiger partial charge in [-0.2, -0.15) is 0 Å². The van der Waals surface area contributed by atoms with E-state index in [1.807, 2.05) is 0 Å². The molecule has 1 N–H and O–H groups in total. The molecule has 0 saturated heterocycles. The van der Waals surface area contributed by atoms with Gasteiger partial charge in [0.1, 0.15) is 6.04 Å². The largest absolute Gasteiger partial charge is 0.324 e. The molecule has 2 aromatic carbocycles. The highest BCUT2D eigenvalue weighted by Gasteiger charge is 2.32. The molecule has 9 heteroatoms. The Morgan fingerprint density at radius 1 is 1.11 bits per heavy atom. The van der Waals surface area contributed by atoms with E-state index in [-0.39, 0.29) is 27.9 Å². The molecule has 0 aliphatic heterocycles. The van der Waals surface area contributed by atoms with Crippen molar-refractivity contribution < 1.29 is 18.0 Å². The van der Waals surface area contributed by atoms with Crippen LogP contribution in [-0.4, -0.2) is 32.4 Å². The van der Waals surface area contributed by atoms with Crippen LogP contribution in [0.1, 0.15) is 30.6 Å². The van der Waals surface area contributed by atoms with E-state index in [1.54, 1.807) is 25.1 Å². The van der Waals surface area contributed by atoms with Gasteiger partial charge in [0.2, 0.25) is 15.9 Å². The van der Waals surface area contributed by atoms with Gasteiger partial charge in [-0.1, -0.05) is 42.3 Å². The molecule has 28 heavy (non-hydrogen) atoms. The number of amides is 1. The van der Waals surface area contributed by atoms with E-state index in [0.717, 1.165) is 10.6 Å². The molecule has 2 rings (SSSR count). The van der Waals surface area contributed by atoms with Gasteiger partial charge in [0.15, 0.2) is 5.78 Å². The summed E-state index contributed by atoms with van der Waals surface area (Å²) in [5.41, 5.74) is 1.03. The van der Waals surface area contributed by atoms with Crippen molar-refractivity contribution in [2.45, 2.75) is 26.3 Å². The lowest BCUT2D eigenvalue weighted by molar-refractivity contribution is -0.117. The molecular weight excluding hydrogens is 423 g/mol. The Kier molecular flexibility index (Phi) is 7.09. The first-order valence-electron chi connectivity index (χ1n) is 8.40. The molecule has 1 atom stereocenters. The Morgan fingerprint density at radius 2 is 1.71 bits per heavy atom. The Morgan fingerprint density at radius 3 is 2.21 bits per heavy atom. The summed E-state index contributed by atoms with van der Waals surface area (Å²) in [7, 11) is -3.82. The smallest absolute Gasteiger partial charge is 0.248 e. The highest BCUT2D eigenvalue weighted by Crippen LogP contribution is 2.29. The summed E-state index contributed by atoms with van der Waals surface area (Å²) in [6.45, 7) is 3.12. The van der Waals surface area contributed by atoms with Crippen LogP contribution in [0.2, 0.25) is 10.0 Å². The standard InChI is InChI=1S/C19H20Cl2N2O4S/c1-4-18(19(25)22-16-7-5-6-13(8-16)12(2)24)23(28(3,26)27)17-10-14(20)9-15(21)11-17/h5-11,18H,4H2,1-3H3,(H,22,25)/t18-/m0/s1. The number of carbonyl (C=O) groups excluding carboxylic acids is 2. The minimum atomic E-state index is -3.82. The number of sulfonamides is 1. The highest BCUT2D eigenvalue weighted by atomic mass is 35.5. The topological polar surface area (TPSA) is 83.6 Å². The van der Waals surface area contributed by atoms with Crippen molar-refractivity contribution in [3.63, 3.8) is 0 Å². The molecule has 0 aromatic heterocycles. The van der Waals surface area contributed by atoms with Crippen LogP contribution in [0.3, 0.4) is 0 Å². The third kappa shape index (κ3) is 5.47. The number of anilines is 2. The lowest BCUT2D eigenvalue weighted by atomic mass is 10.1. The fourth-order valence-electron chi connectivity index (χ4n) is 2.77.